The van der Waals surface area contributed by atoms with Crippen LogP contribution < -0.4 is 10.2 Å². The molecule has 5 nitrogen and oxygen atoms in total. The fraction of sp³-hybridized carbons (Fsp3) is 0.438. The number of nitrogens with one attached hydrogen (secondary N) is 2. The van der Waals surface area contributed by atoms with Crippen molar-refractivity contribution in [1.29, 1.82) is 0 Å². The predicted octanol–water partition coefficient (Wildman–Crippen LogP) is 0.511. The zero-order chi connectivity index (χ0) is 15.4. The first-order valence-corrected chi connectivity index (χ1v) is 7.29. The van der Waals surface area contributed by atoms with E-state index in [2.05, 4.69) is 29.4 Å². The maximum Gasteiger partial charge on any atom is 0.251 e. The highest BCUT2D eigenvalue weighted by atomic mass is 16.1. The highest BCUT2D eigenvalue weighted by Gasteiger charge is 2.08. The third kappa shape index (κ3) is 3.98. The van der Waals surface area contributed by atoms with E-state index in [1.165, 1.54) is 4.90 Å². The number of aryl methyl sites for hydroxylation is 2. The Kier molecular flexibility index (Phi) is 4.85. The normalized spacial score (nSPS) is 11.1. The number of hydrogen-bond acceptors (Lipinski definition) is 3. The zero-order valence-electron chi connectivity index (χ0n) is 13.2. The molecule has 2 rings (SSSR count). The van der Waals surface area contributed by atoms with Gasteiger partial charge in [0.05, 0.1) is 43.1 Å². The second kappa shape index (κ2) is 6.63. The number of nitrogens with zero attached hydrogens (tertiary/aromatic N) is 2. The van der Waals surface area contributed by atoms with Crippen molar-refractivity contribution in [2.45, 2.75) is 20.3 Å². The first-order chi connectivity index (χ1) is 9.97. The maximum atomic E-state index is 12.1. The van der Waals surface area contributed by atoms with Gasteiger partial charge in [-0.05, 0) is 32.0 Å². The number of amides is 1. The minimum atomic E-state index is -0.0503. The molecule has 0 saturated carbocycles. The van der Waals surface area contributed by atoms with E-state index in [1.807, 2.05) is 19.9 Å². The molecular formula is C16H23N4O+. The highest BCUT2D eigenvalue weighted by molar-refractivity contribution is 5.97. The molecule has 1 amide bonds. The van der Waals surface area contributed by atoms with Crippen molar-refractivity contribution in [1.82, 2.24) is 15.3 Å². The van der Waals surface area contributed by atoms with E-state index in [9.17, 15) is 4.79 Å². The molecule has 0 aliphatic rings. The third-order valence-electron chi connectivity index (χ3n) is 3.48. The predicted molar refractivity (Wildman–Crippen MR) is 83.6 cm³/mol. The Balaban J connectivity index is 2.08. The molecule has 0 bridgehead atoms. The lowest BCUT2D eigenvalue weighted by Crippen LogP contribution is -3.05. The van der Waals surface area contributed by atoms with Crippen LogP contribution in [0.5, 0.6) is 0 Å². The van der Waals surface area contributed by atoms with Crippen LogP contribution >= 0.6 is 0 Å². The molecule has 2 aromatic rings. The van der Waals surface area contributed by atoms with Gasteiger partial charge in [-0.2, -0.15) is 0 Å². The van der Waals surface area contributed by atoms with Gasteiger partial charge in [-0.1, -0.05) is 0 Å². The lowest BCUT2D eigenvalue weighted by Gasteiger charge is -2.09. The number of fused-ring (bicyclic) bond motifs is 1. The molecule has 0 aliphatic carbocycles. The van der Waals surface area contributed by atoms with Crippen molar-refractivity contribution in [2.75, 3.05) is 27.2 Å². The largest absolute Gasteiger partial charge is 0.352 e. The summed E-state index contributed by atoms with van der Waals surface area (Å²) in [6.07, 6.45) is 0.972. The summed E-state index contributed by atoms with van der Waals surface area (Å²) in [5.74, 6) is -0.0503. The quantitative estimate of drug-likeness (QED) is 0.788. The van der Waals surface area contributed by atoms with Gasteiger partial charge in [0, 0.05) is 18.5 Å². The molecule has 0 radical (unpaired) electrons. The fourth-order valence-electron chi connectivity index (χ4n) is 2.12. The van der Waals surface area contributed by atoms with Crippen LogP contribution in [-0.4, -0.2) is 43.1 Å². The maximum absolute atomic E-state index is 12.1. The van der Waals surface area contributed by atoms with Crippen molar-refractivity contribution in [2.24, 2.45) is 0 Å². The second-order valence-electron chi connectivity index (χ2n) is 5.66. The van der Waals surface area contributed by atoms with Gasteiger partial charge in [0.2, 0.25) is 0 Å². The van der Waals surface area contributed by atoms with Gasteiger partial charge in [0.25, 0.3) is 5.91 Å². The van der Waals surface area contributed by atoms with Crippen LogP contribution in [-0.2, 0) is 0 Å². The Bertz CT molecular complexity index is 652. The van der Waals surface area contributed by atoms with Crippen molar-refractivity contribution < 1.29 is 9.69 Å². The number of benzene rings is 1. The Labute approximate surface area is 125 Å². The smallest absolute Gasteiger partial charge is 0.251 e. The minimum Gasteiger partial charge on any atom is -0.352 e. The van der Waals surface area contributed by atoms with Gasteiger partial charge in [-0.15, -0.1) is 0 Å². The molecule has 0 atom stereocenters. The van der Waals surface area contributed by atoms with Crippen molar-refractivity contribution in [3.05, 3.63) is 35.2 Å². The van der Waals surface area contributed by atoms with E-state index in [1.54, 1.807) is 12.1 Å². The molecule has 2 N–H and O–H groups in total. The van der Waals surface area contributed by atoms with Gasteiger partial charge < -0.3 is 10.2 Å². The van der Waals surface area contributed by atoms with Crippen LogP contribution in [0.1, 0.15) is 28.2 Å². The number of carbonyl (C=O) groups is 1. The Morgan fingerprint density at radius 1 is 1.14 bits per heavy atom. The number of carbonyl (C=O) groups excluding carboxylic acids is 1. The molecule has 0 fully saturated rings. The van der Waals surface area contributed by atoms with E-state index in [0.717, 1.165) is 35.4 Å². The van der Waals surface area contributed by atoms with Crippen LogP contribution in [0.25, 0.3) is 11.0 Å². The summed E-state index contributed by atoms with van der Waals surface area (Å²) < 4.78 is 0. The molecule has 0 unspecified atom stereocenters. The molecule has 1 aromatic carbocycles. The van der Waals surface area contributed by atoms with Gasteiger partial charge >= 0.3 is 0 Å². The van der Waals surface area contributed by atoms with E-state index in [0.29, 0.717) is 12.1 Å². The molecule has 1 heterocycles. The van der Waals surface area contributed by atoms with Crippen molar-refractivity contribution >= 4 is 16.9 Å². The minimum absolute atomic E-state index is 0.0503. The number of quaternary nitrogens is 1. The first kappa shape index (κ1) is 15.4. The Morgan fingerprint density at radius 3 is 2.48 bits per heavy atom. The molecule has 1 aromatic heterocycles. The Hall–Kier alpha value is -2.01. The van der Waals surface area contributed by atoms with E-state index < -0.39 is 0 Å². The van der Waals surface area contributed by atoms with Crippen molar-refractivity contribution in [3.8, 4) is 0 Å². The van der Waals surface area contributed by atoms with Gasteiger partial charge in [0.1, 0.15) is 0 Å². The zero-order valence-corrected chi connectivity index (χ0v) is 13.2. The summed E-state index contributed by atoms with van der Waals surface area (Å²) in [5, 5.41) is 2.94. The van der Waals surface area contributed by atoms with Gasteiger partial charge in [-0.25, -0.2) is 9.97 Å². The topological polar surface area (TPSA) is 59.3 Å². The fourth-order valence-corrected chi connectivity index (χ4v) is 2.12. The van der Waals surface area contributed by atoms with E-state index >= 15 is 0 Å². The lowest BCUT2D eigenvalue weighted by atomic mass is 10.1. The molecule has 0 spiro atoms. The molecule has 5 heteroatoms. The summed E-state index contributed by atoms with van der Waals surface area (Å²) in [7, 11) is 4.21. The molecule has 0 saturated heterocycles. The monoisotopic (exact) mass is 287 g/mol. The van der Waals surface area contributed by atoms with Gasteiger partial charge in [-0.3, -0.25) is 4.79 Å². The molecule has 21 heavy (non-hydrogen) atoms. The van der Waals surface area contributed by atoms with Crippen LogP contribution in [0.2, 0.25) is 0 Å². The summed E-state index contributed by atoms with van der Waals surface area (Å²) >= 11 is 0. The number of aromatic nitrogens is 2. The Morgan fingerprint density at radius 2 is 1.81 bits per heavy atom. The summed E-state index contributed by atoms with van der Waals surface area (Å²) in [6, 6.07) is 5.47. The average molecular weight is 287 g/mol. The summed E-state index contributed by atoms with van der Waals surface area (Å²) in [4.78, 5) is 22.5. The SMILES string of the molecule is Cc1nc2ccc(C(=O)NCCC[NH+](C)C)cc2nc1C. The van der Waals surface area contributed by atoms with Gasteiger partial charge in [0.15, 0.2) is 0 Å². The number of hydrogen-bond donors (Lipinski definition) is 2. The molecular weight excluding hydrogens is 264 g/mol. The van der Waals surface area contributed by atoms with E-state index in [-0.39, 0.29) is 5.91 Å². The average Bonchev–Trinajstić information content (AvgIpc) is 2.44. The highest BCUT2D eigenvalue weighted by Crippen LogP contribution is 2.14. The second-order valence-corrected chi connectivity index (χ2v) is 5.66. The molecule has 0 aliphatic heterocycles. The van der Waals surface area contributed by atoms with Crippen LogP contribution in [0, 0.1) is 13.8 Å². The lowest BCUT2D eigenvalue weighted by molar-refractivity contribution is -0.858. The van der Waals surface area contributed by atoms with Crippen LogP contribution in [0.3, 0.4) is 0 Å². The van der Waals surface area contributed by atoms with Crippen LogP contribution in [0.4, 0.5) is 0 Å². The summed E-state index contributed by atoms with van der Waals surface area (Å²) in [5.41, 5.74) is 4.05. The standard InChI is InChI=1S/C16H22N4O/c1-11-12(2)19-15-10-13(6-7-14(15)18-11)16(21)17-8-5-9-20(3)4/h6-7,10H,5,8-9H2,1-4H3,(H,17,21)/p+1. The van der Waals surface area contributed by atoms with E-state index in [4.69, 9.17) is 0 Å². The summed E-state index contributed by atoms with van der Waals surface area (Å²) in [6.45, 7) is 5.61. The first-order valence-electron chi connectivity index (χ1n) is 7.29. The van der Waals surface area contributed by atoms with Crippen LogP contribution in [0.15, 0.2) is 18.2 Å². The third-order valence-corrected chi connectivity index (χ3v) is 3.48. The molecule has 112 valence electrons. The van der Waals surface area contributed by atoms with Crippen molar-refractivity contribution in [3.63, 3.8) is 0 Å². The number of rotatable bonds is 5.